The summed E-state index contributed by atoms with van der Waals surface area (Å²) in [6.45, 7) is 0. The van der Waals surface area contributed by atoms with Crippen LogP contribution in [0.15, 0.2) is 58.6 Å². The van der Waals surface area contributed by atoms with Gasteiger partial charge in [-0.1, -0.05) is 6.07 Å². The van der Waals surface area contributed by atoms with Crippen LogP contribution in [-0.2, 0) is 7.05 Å². The van der Waals surface area contributed by atoms with Gasteiger partial charge in [-0.2, -0.15) is 16.4 Å². The number of amides is 1. The summed E-state index contributed by atoms with van der Waals surface area (Å²) in [6, 6.07) is 13.1. The van der Waals surface area contributed by atoms with Gasteiger partial charge in [0.25, 0.3) is 5.91 Å². The van der Waals surface area contributed by atoms with Crippen LogP contribution < -0.4 is 14.8 Å². The van der Waals surface area contributed by atoms with Crippen LogP contribution in [0, 0.1) is 0 Å². The number of hydrogen-bond donors (Lipinski definition) is 1. The van der Waals surface area contributed by atoms with Crippen molar-refractivity contribution in [2.45, 2.75) is 6.04 Å². The molecular formula is C22H21N3O3S2. The Morgan fingerprint density at radius 3 is 2.67 bits per heavy atom. The Morgan fingerprint density at radius 2 is 2.00 bits per heavy atom. The molecule has 1 aromatic carbocycles. The van der Waals surface area contributed by atoms with Gasteiger partial charge in [0, 0.05) is 17.5 Å². The Kier molecular flexibility index (Phi) is 5.87. The molecule has 1 N–H and O–H groups in total. The maximum absolute atomic E-state index is 13.2. The summed E-state index contributed by atoms with van der Waals surface area (Å²) in [5, 5.41) is 13.8. The van der Waals surface area contributed by atoms with Crippen molar-refractivity contribution in [3.05, 3.63) is 74.7 Å². The van der Waals surface area contributed by atoms with Crippen molar-refractivity contribution in [1.29, 1.82) is 0 Å². The molecule has 0 saturated heterocycles. The first-order chi connectivity index (χ1) is 14.6. The molecule has 3 heterocycles. The third kappa shape index (κ3) is 3.96. The Bertz CT molecular complexity index is 1100. The molecule has 8 heteroatoms. The van der Waals surface area contributed by atoms with Crippen molar-refractivity contribution >= 4 is 28.6 Å². The van der Waals surface area contributed by atoms with E-state index in [4.69, 9.17) is 9.47 Å². The van der Waals surface area contributed by atoms with E-state index < -0.39 is 0 Å². The molecular weight excluding hydrogens is 418 g/mol. The molecule has 0 saturated carbocycles. The largest absolute Gasteiger partial charge is 0.497 e. The van der Waals surface area contributed by atoms with Crippen LogP contribution in [0.4, 0.5) is 0 Å². The third-order valence-corrected chi connectivity index (χ3v) is 6.41. The number of nitrogens with one attached hydrogen (secondary N) is 1. The quantitative estimate of drug-likeness (QED) is 0.451. The Balaban J connectivity index is 1.66. The monoisotopic (exact) mass is 439 g/mol. The van der Waals surface area contributed by atoms with Gasteiger partial charge < -0.3 is 14.8 Å². The summed E-state index contributed by atoms with van der Waals surface area (Å²) in [4.78, 5) is 14.3. The zero-order chi connectivity index (χ0) is 21.1. The van der Waals surface area contributed by atoms with E-state index in [0.717, 1.165) is 16.0 Å². The number of aryl methyl sites for hydroxylation is 1. The van der Waals surface area contributed by atoms with Gasteiger partial charge >= 0.3 is 0 Å². The molecule has 154 valence electrons. The minimum atomic E-state index is -0.201. The number of thiophene rings is 2. The van der Waals surface area contributed by atoms with E-state index in [0.29, 0.717) is 22.9 Å². The number of hydrogen-bond acceptors (Lipinski definition) is 6. The second kappa shape index (κ2) is 8.73. The molecule has 0 aliphatic carbocycles. The average Bonchev–Trinajstić information content (AvgIpc) is 3.53. The number of methoxy groups -OCH3 is 2. The van der Waals surface area contributed by atoms with Crippen molar-refractivity contribution in [3.63, 3.8) is 0 Å². The van der Waals surface area contributed by atoms with E-state index in [9.17, 15) is 4.79 Å². The van der Waals surface area contributed by atoms with E-state index in [2.05, 4.69) is 15.8 Å². The topological polar surface area (TPSA) is 65.4 Å². The van der Waals surface area contributed by atoms with Gasteiger partial charge in [0.2, 0.25) is 0 Å². The van der Waals surface area contributed by atoms with Gasteiger partial charge in [-0.05, 0) is 58.1 Å². The lowest BCUT2D eigenvalue weighted by Gasteiger charge is -2.16. The summed E-state index contributed by atoms with van der Waals surface area (Å²) in [7, 11) is 4.97. The normalized spacial score (nSPS) is 11.8. The predicted molar refractivity (Wildman–Crippen MR) is 120 cm³/mol. The fourth-order valence-electron chi connectivity index (χ4n) is 3.24. The Morgan fingerprint density at radius 1 is 1.13 bits per heavy atom. The fourth-order valence-corrected chi connectivity index (χ4v) is 4.73. The second-order valence-corrected chi connectivity index (χ2v) is 8.34. The van der Waals surface area contributed by atoms with Crippen LogP contribution in [0.2, 0.25) is 0 Å². The maximum atomic E-state index is 13.2. The molecule has 4 aromatic rings. The van der Waals surface area contributed by atoms with Crippen LogP contribution in [0.5, 0.6) is 11.5 Å². The molecule has 30 heavy (non-hydrogen) atoms. The van der Waals surface area contributed by atoms with Crippen LogP contribution >= 0.6 is 22.7 Å². The van der Waals surface area contributed by atoms with Gasteiger partial charge in [-0.3, -0.25) is 9.48 Å². The van der Waals surface area contributed by atoms with E-state index in [1.54, 1.807) is 54.7 Å². The smallest absolute Gasteiger partial charge is 0.270 e. The molecule has 1 atom stereocenters. The highest BCUT2D eigenvalue weighted by Gasteiger charge is 2.22. The van der Waals surface area contributed by atoms with E-state index >= 15 is 0 Å². The lowest BCUT2D eigenvalue weighted by molar-refractivity contribution is 0.0934. The number of benzene rings is 1. The van der Waals surface area contributed by atoms with Gasteiger partial charge in [-0.25, -0.2) is 0 Å². The number of rotatable bonds is 7. The second-order valence-electron chi connectivity index (χ2n) is 6.58. The average molecular weight is 440 g/mol. The lowest BCUT2D eigenvalue weighted by atomic mass is 10.1. The number of aromatic nitrogens is 2. The molecule has 0 aliphatic heterocycles. The van der Waals surface area contributed by atoms with Crippen molar-refractivity contribution in [1.82, 2.24) is 15.1 Å². The SMILES string of the molecule is COc1ccc(OC)c(-c2cc(C(=O)N[C@H](c3ccsc3)c3cccs3)n(C)n2)c1. The first-order valence-electron chi connectivity index (χ1n) is 9.23. The molecule has 1 amide bonds. The van der Waals surface area contributed by atoms with Crippen LogP contribution in [0.3, 0.4) is 0 Å². The first kappa shape index (κ1) is 20.2. The van der Waals surface area contributed by atoms with E-state index in [1.807, 2.05) is 47.2 Å². The van der Waals surface area contributed by atoms with E-state index in [1.165, 1.54) is 0 Å². The maximum Gasteiger partial charge on any atom is 0.270 e. The highest BCUT2D eigenvalue weighted by atomic mass is 32.1. The van der Waals surface area contributed by atoms with Gasteiger partial charge in [-0.15, -0.1) is 11.3 Å². The molecule has 6 nitrogen and oxygen atoms in total. The zero-order valence-electron chi connectivity index (χ0n) is 16.8. The highest BCUT2D eigenvalue weighted by molar-refractivity contribution is 7.10. The summed E-state index contributed by atoms with van der Waals surface area (Å²) in [6.07, 6.45) is 0. The van der Waals surface area contributed by atoms with Crippen molar-refractivity contribution < 1.29 is 14.3 Å². The molecule has 3 aromatic heterocycles. The summed E-state index contributed by atoms with van der Waals surface area (Å²) < 4.78 is 12.4. The number of nitrogens with zero attached hydrogens (tertiary/aromatic N) is 2. The van der Waals surface area contributed by atoms with Gasteiger partial charge in [0.05, 0.1) is 26.0 Å². The standard InChI is InChI=1S/C22H21N3O3S2/c1-25-18(12-17(24-25)16-11-15(27-2)6-7-19(16)28-3)22(26)23-21(14-8-10-29-13-14)20-5-4-9-30-20/h4-13,21H,1-3H3,(H,23,26)/t21-/m1/s1. The van der Waals surface area contributed by atoms with E-state index in [-0.39, 0.29) is 11.9 Å². The Hall–Kier alpha value is -3.10. The molecule has 0 unspecified atom stereocenters. The molecule has 0 spiro atoms. The van der Waals surface area contributed by atoms with Crippen LogP contribution in [-0.4, -0.2) is 29.9 Å². The minimum Gasteiger partial charge on any atom is -0.497 e. The molecule has 0 radical (unpaired) electrons. The Labute approximate surface area is 182 Å². The number of carbonyl (C=O) groups excluding carboxylic acids is 1. The van der Waals surface area contributed by atoms with Crippen molar-refractivity contribution in [3.8, 4) is 22.8 Å². The predicted octanol–water partition coefficient (Wildman–Crippen LogP) is 4.75. The molecule has 0 fully saturated rings. The molecule has 0 bridgehead atoms. The summed E-state index contributed by atoms with van der Waals surface area (Å²) in [5.74, 6) is 1.16. The first-order valence-corrected chi connectivity index (χ1v) is 11.1. The molecule has 4 rings (SSSR count). The van der Waals surface area contributed by atoms with Crippen LogP contribution in [0.25, 0.3) is 11.3 Å². The highest BCUT2D eigenvalue weighted by Crippen LogP contribution is 2.33. The number of carbonyl (C=O) groups is 1. The summed E-state index contributed by atoms with van der Waals surface area (Å²) >= 11 is 3.23. The van der Waals surface area contributed by atoms with Gasteiger partial charge in [0.15, 0.2) is 0 Å². The lowest BCUT2D eigenvalue weighted by Crippen LogP contribution is -2.30. The fraction of sp³-hybridized carbons (Fsp3) is 0.182. The minimum absolute atomic E-state index is 0.192. The number of ether oxygens (including phenoxy) is 2. The summed E-state index contributed by atoms with van der Waals surface area (Å²) in [5.41, 5.74) is 2.93. The van der Waals surface area contributed by atoms with Crippen LogP contribution in [0.1, 0.15) is 27.0 Å². The van der Waals surface area contributed by atoms with Crippen molar-refractivity contribution in [2.75, 3.05) is 14.2 Å². The molecule has 0 aliphatic rings. The van der Waals surface area contributed by atoms with Gasteiger partial charge in [0.1, 0.15) is 17.2 Å². The zero-order valence-corrected chi connectivity index (χ0v) is 18.4. The van der Waals surface area contributed by atoms with Crippen molar-refractivity contribution in [2.24, 2.45) is 7.05 Å². The third-order valence-electron chi connectivity index (χ3n) is 4.77.